The number of fused-ring (bicyclic) bond motifs is 11. The van der Waals surface area contributed by atoms with Crippen molar-refractivity contribution in [3.63, 3.8) is 0 Å². The largest absolute Gasteiger partial charge is 0.311 e. The van der Waals surface area contributed by atoms with Gasteiger partial charge in [-0.15, -0.1) is 11.3 Å². The van der Waals surface area contributed by atoms with E-state index in [0.717, 1.165) is 6.42 Å². The summed E-state index contributed by atoms with van der Waals surface area (Å²) in [5.74, 6) is 0. The number of hydrogen-bond donors (Lipinski definition) is 0. The maximum atomic E-state index is 2.76. The highest BCUT2D eigenvalue weighted by molar-refractivity contribution is 7.33. The summed E-state index contributed by atoms with van der Waals surface area (Å²) < 4.78 is 5.39. The molecule has 368 valence electrons. The van der Waals surface area contributed by atoms with Gasteiger partial charge >= 0.3 is 0 Å². The fourth-order valence-electron chi connectivity index (χ4n) is 13.7. The van der Waals surface area contributed by atoms with Gasteiger partial charge in [0.2, 0.25) is 0 Å². The summed E-state index contributed by atoms with van der Waals surface area (Å²) in [5, 5.41) is 3.93. The third kappa shape index (κ3) is 6.89. The number of nitrogens with zero attached hydrogens (tertiary/aromatic N) is 3. The number of aromatic nitrogens is 1. The highest BCUT2D eigenvalue weighted by atomic mass is 32.1. The van der Waals surface area contributed by atoms with E-state index in [9.17, 15) is 0 Å². The fraction of sp³-hybridized carbons (Fsp3) is 0.353. The standard InChI is InChI=1S/C68H72BN3S/c1-63(2,3)41-23-26-43(27-24-41)70-56-30-25-42(64(4,5)6)35-53(56)69-60-57(70)37-45(71-54-21-17-15-19-46(54)47-20-16-18-22-55(47)71)38-58(60)72(44-28-29-49-50(36-44)66(9,10)32-31-65(49,7)8)61-48-39-51-52(40-59(48)73-62(61)69)68(13,14)34-33-67(51,11)12/h15-30,35-40H,31-34H2,1-14H3. The quantitative estimate of drug-likeness (QED) is 0.164. The first-order valence-corrected chi connectivity index (χ1v) is 28.0. The Bertz CT molecular complexity index is 3730. The molecule has 2 aliphatic carbocycles. The molecule has 9 aromatic rings. The van der Waals surface area contributed by atoms with Crippen molar-refractivity contribution in [2.24, 2.45) is 0 Å². The van der Waals surface area contributed by atoms with E-state index in [1.54, 1.807) is 0 Å². The third-order valence-electron chi connectivity index (χ3n) is 18.4. The van der Waals surface area contributed by atoms with Crippen molar-refractivity contribution >= 4 is 99.8 Å². The topological polar surface area (TPSA) is 11.4 Å². The van der Waals surface area contributed by atoms with Crippen LogP contribution in [0.4, 0.5) is 34.1 Å². The number of para-hydroxylation sites is 2. The van der Waals surface area contributed by atoms with E-state index in [0.29, 0.717) is 0 Å². The van der Waals surface area contributed by atoms with Gasteiger partial charge in [0, 0.05) is 54.1 Å². The molecule has 0 radical (unpaired) electrons. The maximum Gasteiger partial charge on any atom is 0.264 e. The van der Waals surface area contributed by atoms with Gasteiger partial charge in [-0.2, -0.15) is 0 Å². The lowest BCUT2D eigenvalue weighted by Crippen LogP contribution is -2.60. The van der Waals surface area contributed by atoms with Gasteiger partial charge in [-0.25, -0.2) is 0 Å². The van der Waals surface area contributed by atoms with Crippen LogP contribution in [0.1, 0.15) is 156 Å². The molecule has 2 aliphatic heterocycles. The van der Waals surface area contributed by atoms with Gasteiger partial charge in [0.05, 0.1) is 22.4 Å². The first-order chi connectivity index (χ1) is 34.4. The average molecular weight is 974 g/mol. The Kier molecular flexibility index (Phi) is 9.78. The molecule has 73 heavy (non-hydrogen) atoms. The molecule has 2 aromatic heterocycles. The number of hydrogen-bond acceptors (Lipinski definition) is 3. The molecule has 0 atom stereocenters. The Morgan fingerprint density at radius 1 is 0.438 bits per heavy atom. The van der Waals surface area contributed by atoms with Crippen LogP contribution in [0.15, 0.2) is 133 Å². The van der Waals surface area contributed by atoms with Crippen LogP contribution in [0, 0.1) is 0 Å². The number of rotatable bonds is 3. The van der Waals surface area contributed by atoms with Crippen LogP contribution in [0.5, 0.6) is 0 Å². The molecule has 13 rings (SSSR count). The predicted molar refractivity (Wildman–Crippen MR) is 318 cm³/mol. The predicted octanol–water partition coefficient (Wildman–Crippen LogP) is 17.4. The van der Waals surface area contributed by atoms with E-state index in [4.69, 9.17) is 0 Å². The van der Waals surface area contributed by atoms with Crippen molar-refractivity contribution in [3.05, 3.63) is 167 Å². The average Bonchev–Trinajstić information content (AvgIpc) is 3.89. The van der Waals surface area contributed by atoms with Crippen molar-refractivity contribution in [1.29, 1.82) is 0 Å². The fourth-order valence-corrected chi connectivity index (χ4v) is 15.0. The van der Waals surface area contributed by atoms with Crippen LogP contribution >= 0.6 is 11.3 Å². The number of thiophene rings is 1. The molecule has 0 saturated carbocycles. The van der Waals surface area contributed by atoms with Crippen molar-refractivity contribution in [2.45, 2.75) is 155 Å². The zero-order valence-electron chi connectivity index (χ0n) is 45.9. The van der Waals surface area contributed by atoms with Gasteiger partial charge in [0.25, 0.3) is 6.71 Å². The minimum absolute atomic E-state index is 0.00861. The molecule has 7 aromatic carbocycles. The highest BCUT2D eigenvalue weighted by Gasteiger charge is 2.48. The summed E-state index contributed by atoms with van der Waals surface area (Å²) in [4.78, 5) is 5.38. The van der Waals surface area contributed by atoms with Crippen LogP contribution in [-0.4, -0.2) is 11.3 Å². The lowest BCUT2D eigenvalue weighted by atomic mass is 9.36. The minimum atomic E-state index is -0.0403. The number of benzene rings is 7. The summed E-state index contributed by atoms with van der Waals surface area (Å²) in [5.41, 5.74) is 22.9. The summed E-state index contributed by atoms with van der Waals surface area (Å²) >= 11 is 2.06. The molecule has 4 heterocycles. The van der Waals surface area contributed by atoms with E-state index in [2.05, 4.69) is 256 Å². The molecule has 0 unspecified atom stereocenters. The zero-order valence-corrected chi connectivity index (χ0v) is 46.7. The Balaban J connectivity index is 1.21. The summed E-state index contributed by atoms with van der Waals surface area (Å²) in [6, 6.07) is 53.0. The lowest BCUT2D eigenvalue weighted by molar-refractivity contribution is 0.332. The Morgan fingerprint density at radius 3 is 1.53 bits per heavy atom. The second-order valence-corrected chi connectivity index (χ2v) is 28.2. The molecule has 0 saturated heterocycles. The van der Waals surface area contributed by atoms with Crippen LogP contribution in [0.3, 0.4) is 0 Å². The van der Waals surface area contributed by atoms with Gasteiger partial charge in [-0.1, -0.05) is 164 Å². The smallest absolute Gasteiger partial charge is 0.264 e. The van der Waals surface area contributed by atoms with E-state index in [1.165, 1.54) is 140 Å². The second kappa shape index (κ2) is 15.3. The molecular weight excluding hydrogens is 902 g/mol. The Labute approximate surface area is 439 Å². The third-order valence-corrected chi connectivity index (χ3v) is 19.6. The Morgan fingerprint density at radius 2 is 0.945 bits per heavy atom. The minimum Gasteiger partial charge on any atom is -0.311 e. The SMILES string of the molecule is CC(C)(C)c1ccc(N2c3ccc(C(C)(C)C)cc3B3c4sc5cc6c(cc5c4N(c4ccc5c(c4)C(C)(C)CCC5(C)C)c4cc(-n5c7ccccc7c7ccccc75)cc2c43)C(C)(C)CCC6(C)C)cc1. The monoisotopic (exact) mass is 974 g/mol. The molecule has 0 fully saturated rings. The van der Waals surface area contributed by atoms with Crippen molar-refractivity contribution in [3.8, 4) is 5.69 Å². The summed E-state index contributed by atoms with van der Waals surface area (Å²) in [6.07, 6.45) is 4.72. The molecule has 0 N–H and O–H groups in total. The van der Waals surface area contributed by atoms with Gasteiger partial charge < -0.3 is 14.4 Å². The van der Waals surface area contributed by atoms with Crippen molar-refractivity contribution < 1.29 is 0 Å². The van der Waals surface area contributed by atoms with Gasteiger partial charge in [0.15, 0.2) is 0 Å². The first-order valence-electron chi connectivity index (χ1n) is 27.2. The van der Waals surface area contributed by atoms with Gasteiger partial charge in [0.1, 0.15) is 0 Å². The van der Waals surface area contributed by atoms with Gasteiger partial charge in [-0.05, 0) is 169 Å². The molecule has 5 heteroatoms. The van der Waals surface area contributed by atoms with Crippen molar-refractivity contribution in [1.82, 2.24) is 4.57 Å². The van der Waals surface area contributed by atoms with E-state index in [1.807, 2.05) is 0 Å². The van der Waals surface area contributed by atoms with Crippen LogP contribution < -0.4 is 25.5 Å². The molecule has 4 aliphatic rings. The van der Waals surface area contributed by atoms with Gasteiger partial charge in [-0.3, -0.25) is 0 Å². The summed E-state index contributed by atoms with van der Waals surface area (Å²) in [6.45, 7) is 33.9. The van der Waals surface area contributed by atoms with Crippen LogP contribution in [-0.2, 0) is 32.5 Å². The maximum absolute atomic E-state index is 2.76. The van der Waals surface area contributed by atoms with Crippen LogP contribution in [0.2, 0.25) is 0 Å². The van der Waals surface area contributed by atoms with E-state index >= 15 is 0 Å². The highest BCUT2D eigenvalue weighted by Crippen LogP contribution is 2.55. The first kappa shape index (κ1) is 46.7. The van der Waals surface area contributed by atoms with E-state index in [-0.39, 0.29) is 39.2 Å². The zero-order chi connectivity index (χ0) is 51.1. The van der Waals surface area contributed by atoms with Crippen molar-refractivity contribution in [2.75, 3.05) is 9.80 Å². The summed E-state index contributed by atoms with van der Waals surface area (Å²) in [7, 11) is 0. The molecule has 3 nitrogen and oxygen atoms in total. The molecule has 0 spiro atoms. The van der Waals surface area contributed by atoms with E-state index < -0.39 is 0 Å². The molecule has 0 amide bonds. The second-order valence-electron chi connectivity index (χ2n) is 27.2. The van der Waals surface area contributed by atoms with Crippen LogP contribution in [0.25, 0.3) is 37.6 Å². The normalized spacial score (nSPS) is 18.1. The molecule has 0 bridgehead atoms. The number of anilines is 6. The lowest BCUT2D eigenvalue weighted by Gasteiger charge is -2.45. The Hall–Kier alpha value is -6.04. The molecular formula is C68H72BN3S.